The zero-order chi connectivity index (χ0) is 16.8. The summed E-state index contributed by atoms with van der Waals surface area (Å²) in [5, 5.41) is 2.95. The Balaban J connectivity index is 1.49. The maximum absolute atomic E-state index is 12.2. The van der Waals surface area contributed by atoms with Gasteiger partial charge in [-0.15, -0.1) is 0 Å². The van der Waals surface area contributed by atoms with Gasteiger partial charge in [-0.3, -0.25) is 4.79 Å². The van der Waals surface area contributed by atoms with Crippen molar-refractivity contribution in [1.82, 2.24) is 5.32 Å². The van der Waals surface area contributed by atoms with Crippen molar-refractivity contribution >= 4 is 5.91 Å². The smallest absolute Gasteiger partial charge is 0.260 e. The predicted octanol–water partition coefficient (Wildman–Crippen LogP) is 3.69. The molecule has 126 valence electrons. The highest BCUT2D eigenvalue weighted by Gasteiger charge is 2.16. The quantitative estimate of drug-likeness (QED) is 0.880. The summed E-state index contributed by atoms with van der Waals surface area (Å²) in [6.45, 7) is 2.43. The minimum atomic E-state index is -0.484. The topological polar surface area (TPSA) is 38.3 Å². The van der Waals surface area contributed by atoms with Crippen molar-refractivity contribution in [2.45, 2.75) is 45.1 Å². The van der Waals surface area contributed by atoms with Gasteiger partial charge >= 0.3 is 0 Å². The van der Waals surface area contributed by atoms with E-state index in [-0.39, 0.29) is 5.91 Å². The van der Waals surface area contributed by atoms with Crippen LogP contribution < -0.4 is 10.1 Å². The molecule has 3 heteroatoms. The summed E-state index contributed by atoms with van der Waals surface area (Å²) in [6, 6.07) is 16.4. The molecule has 0 fully saturated rings. The zero-order valence-corrected chi connectivity index (χ0v) is 14.3. The van der Waals surface area contributed by atoms with E-state index in [1.807, 2.05) is 24.3 Å². The molecule has 3 rings (SSSR count). The van der Waals surface area contributed by atoms with Crippen LogP contribution in [0.15, 0.2) is 48.5 Å². The summed E-state index contributed by atoms with van der Waals surface area (Å²) in [4.78, 5) is 12.2. The Labute approximate surface area is 144 Å². The number of benzene rings is 2. The maximum atomic E-state index is 12.2. The number of ether oxygens (including phenoxy) is 1. The number of hydrogen-bond donors (Lipinski definition) is 1. The third kappa shape index (κ3) is 4.38. The van der Waals surface area contributed by atoms with E-state index in [0.29, 0.717) is 6.54 Å². The molecule has 0 saturated heterocycles. The number of fused-ring (bicyclic) bond motifs is 1. The highest BCUT2D eigenvalue weighted by Crippen LogP contribution is 2.25. The van der Waals surface area contributed by atoms with Crippen molar-refractivity contribution in [3.05, 3.63) is 65.2 Å². The second kappa shape index (κ2) is 8.00. The van der Waals surface area contributed by atoms with Gasteiger partial charge in [0, 0.05) is 6.54 Å². The molecule has 0 spiro atoms. The molecule has 1 atom stereocenters. The molecule has 1 N–H and O–H groups in total. The van der Waals surface area contributed by atoms with Gasteiger partial charge in [0.05, 0.1) is 0 Å². The van der Waals surface area contributed by atoms with E-state index >= 15 is 0 Å². The van der Waals surface area contributed by atoms with E-state index < -0.39 is 6.10 Å². The summed E-state index contributed by atoms with van der Waals surface area (Å²) < 4.78 is 5.83. The van der Waals surface area contributed by atoms with Crippen molar-refractivity contribution in [3.8, 4) is 5.75 Å². The molecule has 0 unspecified atom stereocenters. The van der Waals surface area contributed by atoms with Crippen molar-refractivity contribution in [1.29, 1.82) is 0 Å². The Morgan fingerprint density at radius 1 is 1.08 bits per heavy atom. The Morgan fingerprint density at radius 2 is 1.83 bits per heavy atom. The fourth-order valence-electron chi connectivity index (χ4n) is 3.16. The highest BCUT2D eigenvalue weighted by molar-refractivity contribution is 5.80. The largest absolute Gasteiger partial charge is 0.481 e. The van der Waals surface area contributed by atoms with Gasteiger partial charge in [-0.25, -0.2) is 0 Å². The first-order valence-electron chi connectivity index (χ1n) is 8.82. The van der Waals surface area contributed by atoms with E-state index in [1.165, 1.54) is 29.5 Å². The minimum absolute atomic E-state index is 0.0661. The van der Waals surface area contributed by atoms with E-state index in [9.17, 15) is 4.79 Å². The molecular formula is C21H25NO2. The van der Waals surface area contributed by atoms with Gasteiger partial charge in [-0.05, 0) is 67.9 Å². The lowest BCUT2D eigenvalue weighted by Gasteiger charge is -2.19. The Bertz CT molecular complexity index is 681. The van der Waals surface area contributed by atoms with Crippen LogP contribution in [0.2, 0.25) is 0 Å². The fraction of sp³-hybridized carbons (Fsp3) is 0.381. The summed E-state index contributed by atoms with van der Waals surface area (Å²) in [7, 11) is 0. The monoisotopic (exact) mass is 323 g/mol. The van der Waals surface area contributed by atoms with Crippen molar-refractivity contribution in [2.75, 3.05) is 6.54 Å². The summed E-state index contributed by atoms with van der Waals surface area (Å²) >= 11 is 0. The highest BCUT2D eigenvalue weighted by atomic mass is 16.5. The van der Waals surface area contributed by atoms with Gasteiger partial charge in [0.2, 0.25) is 0 Å². The third-order valence-electron chi connectivity index (χ3n) is 4.56. The maximum Gasteiger partial charge on any atom is 0.260 e. The average Bonchev–Trinajstić information content (AvgIpc) is 2.62. The van der Waals surface area contributed by atoms with Crippen molar-refractivity contribution < 1.29 is 9.53 Å². The molecule has 1 amide bonds. The van der Waals surface area contributed by atoms with Crippen LogP contribution in [-0.4, -0.2) is 18.6 Å². The second-order valence-electron chi connectivity index (χ2n) is 6.42. The van der Waals surface area contributed by atoms with E-state index in [4.69, 9.17) is 4.74 Å². The van der Waals surface area contributed by atoms with E-state index in [0.717, 1.165) is 25.0 Å². The summed E-state index contributed by atoms with van der Waals surface area (Å²) in [6.07, 6.45) is 5.13. The van der Waals surface area contributed by atoms with Crippen LogP contribution in [-0.2, 0) is 24.1 Å². The molecule has 0 aliphatic heterocycles. The molecule has 1 aliphatic carbocycles. The number of aryl methyl sites for hydroxylation is 2. The number of carbonyl (C=O) groups excluding carboxylic acids is 1. The van der Waals surface area contributed by atoms with E-state index in [1.54, 1.807) is 6.92 Å². The molecule has 0 aromatic heterocycles. The Morgan fingerprint density at radius 3 is 2.62 bits per heavy atom. The van der Waals surface area contributed by atoms with Crippen molar-refractivity contribution in [2.24, 2.45) is 0 Å². The first-order valence-corrected chi connectivity index (χ1v) is 8.82. The summed E-state index contributed by atoms with van der Waals surface area (Å²) in [5.41, 5.74) is 4.02. The minimum Gasteiger partial charge on any atom is -0.481 e. The average molecular weight is 323 g/mol. The van der Waals surface area contributed by atoms with Gasteiger partial charge < -0.3 is 10.1 Å². The first-order chi connectivity index (χ1) is 11.7. The van der Waals surface area contributed by atoms with Crippen LogP contribution in [0, 0.1) is 0 Å². The molecule has 2 aromatic rings. The molecule has 0 saturated carbocycles. The molecule has 0 bridgehead atoms. The third-order valence-corrected chi connectivity index (χ3v) is 4.56. The lowest BCUT2D eigenvalue weighted by atomic mass is 9.92. The number of carbonyl (C=O) groups is 1. The van der Waals surface area contributed by atoms with Crippen molar-refractivity contribution in [3.63, 3.8) is 0 Å². The standard InChI is InChI=1S/C21H25NO2/c1-16(21(23)22-14-13-17-7-3-2-4-8-17)24-20-12-11-18-9-5-6-10-19(18)15-20/h2-4,7-8,11-12,15-16H,5-6,9-10,13-14H2,1H3,(H,22,23)/t16-/m1/s1. The van der Waals surface area contributed by atoms with Gasteiger partial charge in [0.15, 0.2) is 6.10 Å². The van der Waals surface area contributed by atoms with Crippen LogP contribution in [0.5, 0.6) is 5.75 Å². The lowest BCUT2D eigenvalue weighted by molar-refractivity contribution is -0.127. The molecule has 1 aliphatic rings. The number of rotatable bonds is 6. The van der Waals surface area contributed by atoms with Gasteiger partial charge in [0.25, 0.3) is 5.91 Å². The zero-order valence-electron chi connectivity index (χ0n) is 14.3. The Hall–Kier alpha value is -2.29. The first kappa shape index (κ1) is 16.6. The van der Waals surface area contributed by atoms with Crippen LogP contribution in [0.3, 0.4) is 0 Å². The van der Waals surface area contributed by atoms with Gasteiger partial charge in [0.1, 0.15) is 5.75 Å². The SMILES string of the molecule is C[C@@H](Oc1ccc2c(c1)CCCC2)C(=O)NCCc1ccccc1. The van der Waals surface area contributed by atoms with Crippen LogP contribution in [0.1, 0.15) is 36.5 Å². The van der Waals surface area contributed by atoms with E-state index in [2.05, 4.69) is 29.6 Å². The van der Waals surface area contributed by atoms with Crippen LogP contribution in [0.25, 0.3) is 0 Å². The molecular weight excluding hydrogens is 298 g/mol. The van der Waals surface area contributed by atoms with Crippen LogP contribution in [0.4, 0.5) is 0 Å². The number of amides is 1. The number of hydrogen-bond acceptors (Lipinski definition) is 2. The lowest BCUT2D eigenvalue weighted by Crippen LogP contribution is -2.37. The van der Waals surface area contributed by atoms with Gasteiger partial charge in [-0.2, -0.15) is 0 Å². The van der Waals surface area contributed by atoms with Crippen LogP contribution >= 0.6 is 0 Å². The summed E-state index contributed by atoms with van der Waals surface area (Å²) in [5.74, 6) is 0.727. The number of nitrogens with one attached hydrogen (secondary N) is 1. The second-order valence-corrected chi connectivity index (χ2v) is 6.42. The molecule has 0 radical (unpaired) electrons. The molecule has 0 heterocycles. The fourth-order valence-corrected chi connectivity index (χ4v) is 3.16. The molecule has 2 aromatic carbocycles. The Kier molecular flexibility index (Phi) is 5.52. The normalized spacial score (nSPS) is 14.5. The molecule has 3 nitrogen and oxygen atoms in total. The molecule has 24 heavy (non-hydrogen) atoms. The predicted molar refractivity (Wildman–Crippen MR) is 96.3 cm³/mol. The van der Waals surface area contributed by atoms with Gasteiger partial charge in [-0.1, -0.05) is 36.4 Å².